The molecule has 0 aliphatic carbocycles. The Kier molecular flexibility index (Phi) is 7.18. The maximum Gasteiger partial charge on any atom is 0.137 e. The molecule has 0 amide bonds. The fraction of sp³-hybridized carbons (Fsp3) is 0. The molecule has 1 heterocycles. The van der Waals surface area contributed by atoms with Gasteiger partial charge in [0.25, 0.3) is 0 Å². The van der Waals surface area contributed by atoms with Crippen molar-refractivity contribution in [2.45, 2.75) is 0 Å². The number of furan rings is 1. The predicted octanol–water partition coefficient (Wildman–Crippen LogP) is 14.4. The van der Waals surface area contributed by atoms with Gasteiger partial charge in [-0.3, -0.25) is 0 Å². The van der Waals surface area contributed by atoms with Crippen LogP contribution >= 0.6 is 0 Å². The third kappa shape index (κ3) is 5.30. The second-order valence-corrected chi connectivity index (χ2v) is 13.4. The normalized spacial score (nSPS) is 11.5. The molecule has 244 valence electrons. The first-order chi connectivity index (χ1) is 25.7. The highest BCUT2D eigenvalue weighted by molar-refractivity contribution is 6.13. The molecule has 0 saturated carbocycles. The van der Waals surface area contributed by atoms with Crippen molar-refractivity contribution in [3.8, 4) is 33.4 Å². The third-order valence-corrected chi connectivity index (χ3v) is 10.2. The van der Waals surface area contributed by atoms with Gasteiger partial charge < -0.3 is 9.32 Å². The number of fused-ring (bicyclic) bond motifs is 5. The summed E-state index contributed by atoms with van der Waals surface area (Å²) in [7, 11) is 0. The molecule has 0 aliphatic heterocycles. The first-order valence-corrected chi connectivity index (χ1v) is 17.7. The highest BCUT2D eigenvalue weighted by atomic mass is 16.3. The second-order valence-electron chi connectivity index (χ2n) is 13.4. The van der Waals surface area contributed by atoms with Gasteiger partial charge in [0.1, 0.15) is 11.2 Å². The number of anilines is 3. The summed E-state index contributed by atoms with van der Waals surface area (Å²) in [4.78, 5) is 2.37. The fourth-order valence-corrected chi connectivity index (χ4v) is 7.60. The Hall–Kier alpha value is -6.90. The highest BCUT2D eigenvalue weighted by Crippen LogP contribution is 2.44. The van der Waals surface area contributed by atoms with Crippen molar-refractivity contribution in [1.29, 1.82) is 0 Å². The van der Waals surface area contributed by atoms with Crippen LogP contribution in [-0.2, 0) is 0 Å². The average molecular weight is 664 g/mol. The zero-order valence-electron chi connectivity index (χ0n) is 28.4. The maximum absolute atomic E-state index is 6.37. The van der Waals surface area contributed by atoms with Crippen LogP contribution < -0.4 is 4.90 Å². The monoisotopic (exact) mass is 663 g/mol. The van der Waals surface area contributed by atoms with Crippen LogP contribution in [0.25, 0.3) is 76.9 Å². The van der Waals surface area contributed by atoms with E-state index >= 15 is 0 Å². The van der Waals surface area contributed by atoms with Crippen molar-refractivity contribution in [2.24, 2.45) is 0 Å². The molecule has 52 heavy (non-hydrogen) atoms. The van der Waals surface area contributed by atoms with E-state index in [-0.39, 0.29) is 0 Å². The number of nitrogens with zero attached hydrogens (tertiary/aromatic N) is 1. The predicted molar refractivity (Wildman–Crippen MR) is 220 cm³/mol. The van der Waals surface area contributed by atoms with Gasteiger partial charge >= 0.3 is 0 Å². The zero-order valence-corrected chi connectivity index (χ0v) is 28.4. The number of benzene rings is 9. The van der Waals surface area contributed by atoms with Gasteiger partial charge in [0.2, 0.25) is 0 Å². The van der Waals surface area contributed by atoms with Crippen LogP contribution in [0.1, 0.15) is 0 Å². The van der Waals surface area contributed by atoms with Crippen molar-refractivity contribution >= 4 is 60.5 Å². The molecule has 0 saturated heterocycles. The van der Waals surface area contributed by atoms with E-state index in [1.165, 1.54) is 54.9 Å². The molecule has 0 spiro atoms. The van der Waals surface area contributed by atoms with E-state index in [0.717, 1.165) is 39.0 Å². The Balaban J connectivity index is 1.08. The Bertz CT molecular complexity index is 2900. The standard InChI is InChI=1S/C50H33NO/c1-2-10-34(11-3-1)39-22-24-43-32-40(23-25-42(43)31-39)36-26-28-44(29-27-36)51(47-17-9-19-49-50(47)46-16-6-7-18-48(46)52-49)45-15-8-14-38(33-45)41-21-20-35-12-4-5-13-37(35)30-41/h1-33H. The van der Waals surface area contributed by atoms with Crippen molar-refractivity contribution in [2.75, 3.05) is 4.90 Å². The van der Waals surface area contributed by atoms with Gasteiger partial charge in [-0.2, -0.15) is 0 Å². The molecule has 0 N–H and O–H groups in total. The van der Waals surface area contributed by atoms with E-state index < -0.39 is 0 Å². The van der Waals surface area contributed by atoms with E-state index in [9.17, 15) is 0 Å². The Labute approximate surface area is 302 Å². The van der Waals surface area contributed by atoms with Crippen LogP contribution in [0.15, 0.2) is 205 Å². The van der Waals surface area contributed by atoms with Crippen LogP contribution in [-0.4, -0.2) is 0 Å². The van der Waals surface area contributed by atoms with Gasteiger partial charge in [0.05, 0.1) is 11.1 Å². The lowest BCUT2D eigenvalue weighted by molar-refractivity contribution is 0.669. The van der Waals surface area contributed by atoms with Crippen molar-refractivity contribution in [1.82, 2.24) is 0 Å². The minimum absolute atomic E-state index is 0.873. The van der Waals surface area contributed by atoms with Gasteiger partial charge in [0, 0.05) is 16.8 Å². The van der Waals surface area contributed by atoms with Crippen LogP contribution in [0, 0.1) is 0 Å². The lowest BCUT2D eigenvalue weighted by Crippen LogP contribution is -2.10. The number of hydrogen-bond acceptors (Lipinski definition) is 2. The van der Waals surface area contributed by atoms with Gasteiger partial charge in [-0.25, -0.2) is 0 Å². The molecular weight excluding hydrogens is 631 g/mol. The quantitative estimate of drug-likeness (QED) is 0.176. The Morgan fingerprint density at radius 2 is 0.827 bits per heavy atom. The summed E-state index contributed by atoms with van der Waals surface area (Å²) in [6.45, 7) is 0. The van der Waals surface area contributed by atoms with Gasteiger partial charge in [-0.1, -0.05) is 140 Å². The smallest absolute Gasteiger partial charge is 0.137 e. The molecule has 2 nitrogen and oxygen atoms in total. The average Bonchev–Trinajstić information content (AvgIpc) is 3.61. The van der Waals surface area contributed by atoms with Crippen LogP contribution in [0.3, 0.4) is 0 Å². The van der Waals surface area contributed by atoms with E-state index in [1.54, 1.807) is 0 Å². The summed E-state index contributed by atoms with van der Waals surface area (Å²) in [5, 5.41) is 7.14. The maximum atomic E-state index is 6.37. The van der Waals surface area contributed by atoms with Gasteiger partial charge in [-0.15, -0.1) is 0 Å². The van der Waals surface area contributed by atoms with Crippen molar-refractivity contribution < 1.29 is 4.42 Å². The van der Waals surface area contributed by atoms with Crippen LogP contribution in [0.4, 0.5) is 17.1 Å². The molecule has 0 atom stereocenters. The molecule has 0 bridgehead atoms. The molecule has 0 radical (unpaired) electrons. The molecule has 10 aromatic rings. The molecule has 10 rings (SSSR count). The molecule has 2 heteroatoms. The number of hydrogen-bond donors (Lipinski definition) is 0. The summed E-state index contributed by atoms with van der Waals surface area (Å²) in [6, 6.07) is 71.8. The van der Waals surface area contributed by atoms with E-state index in [4.69, 9.17) is 4.42 Å². The summed E-state index contributed by atoms with van der Waals surface area (Å²) in [6.07, 6.45) is 0. The second kappa shape index (κ2) is 12.5. The summed E-state index contributed by atoms with van der Waals surface area (Å²) in [5.74, 6) is 0. The first kappa shape index (κ1) is 30.0. The summed E-state index contributed by atoms with van der Waals surface area (Å²) >= 11 is 0. The topological polar surface area (TPSA) is 16.4 Å². The van der Waals surface area contributed by atoms with Crippen LogP contribution in [0.2, 0.25) is 0 Å². The van der Waals surface area contributed by atoms with Crippen molar-refractivity contribution in [3.63, 3.8) is 0 Å². The van der Waals surface area contributed by atoms with Gasteiger partial charge in [-0.05, 0) is 116 Å². The number of para-hydroxylation sites is 1. The van der Waals surface area contributed by atoms with E-state index in [0.29, 0.717) is 0 Å². The Morgan fingerprint density at radius 1 is 0.308 bits per heavy atom. The fourth-order valence-electron chi connectivity index (χ4n) is 7.60. The van der Waals surface area contributed by atoms with Gasteiger partial charge in [0.15, 0.2) is 0 Å². The molecule has 0 fully saturated rings. The lowest BCUT2D eigenvalue weighted by Gasteiger charge is -2.27. The van der Waals surface area contributed by atoms with E-state index in [1.807, 2.05) is 12.1 Å². The van der Waals surface area contributed by atoms with Crippen molar-refractivity contribution in [3.05, 3.63) is 200 Å². The minimum Gasteiger partial charge on any atom is -0.456 e. The largest absolute Gasteiger partial charge is 0.456 e. The molecule has 0 unspecified atom stereocenters. The molecular formula is C50H33NO. The van der Waals surface area contributed by atoms with E-state index in [2.05, 4.69) is 193 Å². The first-order valence-electron chi connectivity index (χ1n) is 17.7. The SMILES string of the molecule is c1ccc(-c2ccc3cc(-c4ccc(N(c5cccc(-c6ccc7ccccc7c6)c5)c5cccc6oc7ccccc7c56)cc4)ccc3c2)cc1. The minimum atomic E-state index is 0.873. The molecule has 0 aliphatic rings. The summed E-state index contributed by atoms with van der Waals surface area (Å²) in [5.41, 5.74) is 12.2. The van der Waals surface area contributed by atoms with Crippen LogP contribution in [0.5, 0.6) is 0 Å². The summed E-state index contributed by atoms with van der Waals surface area (Å²) < 4.78 is 6.37. The lowest BCUT2D eigenvalue weighted by atomic mass is 9.97. The Morgan fingerprint density at radius 3 is 1.60 bits per heavy atom. The molecule has 9 aromatic carbocycles. The highest BCUT2D eigenvalue weighted by Gasteiger charge is 2.20. The molecule has 1 aromatic heterocycles. The third-order valence-electron chi connectivity index (χ3n) is 10.2. The zero-order chi connectivity index (χ0) is 34.4. The number of rotatable bonds is 6.